The van der Waals surface area contributed by atoms with Gasteiger partial charge in [0.1, 0.15) is 0 Å². The Balaban J connectivity index is 0.000000364. The summed E-state index contributed by atoms with van der Waals surface area (Å²) in [7, 11) is 0. The largest absolute Gasteiger partial charge is 2.00 e. The van der Waals surface area contributed by atoms with E-state index in [1.807, 2.05) is 0 Å². The van der Waals surface area contributed by atoms with Gasteiger partial charge in [-0.15, -0.1) is 13.8 Å². The van der Waals surface area contributed by atoms with Crippen LogP contribution in [0.3, 0.4) is 0 Å². The van der Waals surface area contributed by atoms with Crippen LogP contribution in [0, 0.1) is 23.0 Å². The van der Waals surface area contributed by atoms with Gasteiger partial charge in [-0.05, 0) is 0 Å². The van der Waals surface area contributed by atoms with Gasteiger partial charge in [0.25, 0.3) is 0 Å². The minimum Gasteiger partial charge on any atom is -0.263 e. The summed E-state index contributed by atoms with van der Waals surface area (Å²) in [5, 5.41) is 0. The Hall–Kier alpha value is -0.404. The van der Waals surface area contributed by atoms with E-state index in [0.29, 0.717) is 0 Å². The third kappa shape index (κ3) is 4.29. The van der Waals surface area contributed by atoms with E-state index in [0.717, 1.165) is 0 Å². The second-order valence-corrected chi connectivity index (χ2v) is 7.25. The van der Waals surface area contributed by atoms with Crippen molar-refractivity contribution in [3.8, 4) is 0 Å². The first kappa shape index (κ1) is 20.6. The van der Waals surface area contributed by atoms with Gasteiger partial charge in [-0.2, -0.15) is 22.3 Å². The SMILES string of the molecule is CC1=[C-]C(C)(C)C(C)=C1C.CC1=[C-]C(C)(C)C(C)=C1C.[Os+2]. The molecule has 0 fully saturated rings. The van der Waals surface area contributed by atoms with E-state index in [1.54, 1.807) is 0 Å². The van der Waals surface area contributed by atoms with Crippen molar-refractivity contribution in [2.24, 2.45) is 10.8 Å². The van der Waals surface area contributed by atoms with Crippen molar-refractivity contribution in [3.05, 3.63) is 45.6 Å². The molecular weight excluding hydrogens is 430 g/mol. The Labute approximate surface area is 145 Å². The molecule has 0 atom stereocenters. The third-order valence-corrected chi connectivity index (χ3v) is 5.12. The van der Waals surface area contributed by atoms with E-state index < -0.39 is 0 Å². The minimum absolute atomic E-state index is 0. The average Bonchev–Trinajstić information content (AvgIpc) is 2.60. The molecule has 2 aliphatic carbocycles. The fourth-order valence-corrected chi connectivity index (χ4v) is 2.81. The molecule has 0 spiro atoms. The van der Waals surface area contributed by atoms with E-state index >= 15 is 0 Å². The van der Waals surface area contributed by atoms with E-state index in [-0.39, 0.29) is 30.6 Å². The molecule has 0 bridgehead atoms. The van der Waals surface area contributed by atoms with Crippen LogP contribution in [0.5, 0.6) is 0 Å². The molecule has 118 valence electrons. The summed E-state index contributed by atoms with van der Waals surface area (Å²) in [4.78, 5) is 0. The monoisotopic (exact) mass is 462 g/mol. The molecule has 0 aromatic rings. The van der Waals surface area contributed by atoms with E-state index in [2.05, 4.69) is 81.4 Å². The first-order valence-corrected chi connectivity index (χ1v) is 7.50. The second kappa shape index (κ2) is 6.79. The zero-order valence-electron chi connectivity index (χ0n) is 15.4. The van der Waals surface area contributed by atoms with E-state index in [9.17, 15) is 0 Å². The number of allylic oxidation sites excluding steroid dienone is 8. The normalized spacial score (nSPS) is 22.4. The van der Waals surface area contributed by atoms with Crippen molar-refractivity contribution < 1.29 is 19.8 Å². The molecule has 2 rings (SSSR count). The van der Waals surface area contributed by atoms with Gasteiger partial charge in [0.15, 0.2) is 0 Å². The third-order valence-electron chi connectivity index (χ3n) is 5.12. The molecule has 0 saturated heterocycles. The Morgan fingerprint density at radius 2 is 0.810 bits per heavy atom. The second-order valence-electron chi connectivity index (χ2n) is 7.25. The van der Waals surface area contributed by atoms with Crippen LogP contribution in [-0.4, -0.2) is 0 Å². The van der Waals surface area contributed by atoms with Crippen LogP contribution in [0.2, 0.25) is 0 Å². The Kier molecular flexibility index (Phi) is 6.66. The fourth-order valence-electron chi connectivity index (χ4n) is 2.81. The molecule has 0 nitrogen and oxygen atoms in total. The fraction of sp³-hybridized carbons (Fsp3) is 0.600. The molecule has 1 heteroatoms. The maximum Gasteiger partial charge on any atom is 2.00 e. The summed E-state index contributed by atoms with van der Waals surface area (Å²) in [6, 6.07) is 0. The Morgan fingerprint density at radius 1 is 0.571 bits per heavy atom. The van der Waals surface area contributed by atoms with Gasteiger partial charge in [0.2, 0.25) is 0 Å². The molecule has 21 heavy (non-hydrogen) atoms. The van der Waals surface area contributed by atoms with Crippen LogP contribution in [-0.2, 0) is 19.8 Å². The van der Waals surface area contributed by atoms with Gasteiger partial charge >= 0.3 is 19.8 Å². The molecule has 0 aliphatic heterocycles. The zero-order chi connectivity index (χ0) is 15.9. The van der Waals surface area contributed by atoms with Crippen LogP contribution in [0.1, 0.15) is 69.2 Å². The van der Waals surface area contributed by atoms with Gasteiger partial charge in [0.05, 0.1) is 0 Å². The summed E-state index contributed by atoms with van der Waals surface area (Å²) in [5.74, 6) is 0. The van der Waals surface area contributed by atoms with Crippen molar-refractivity contribution in [2.75, 3.05) is 0 Å². The molecule has 0 aromatic heterocycles. The number of hydrogen-bond donors (Lipinski definition) is 0. The first-order chi connectivity index (χ1) is 8.90. The molecular formula is C20H30Os. The molecule has 0 aromatic carbocycles. The van der Waals surface area contributed by atoms with Crippen molar-refractivity contribution >= 4 is 0 Å². The predicted octanol–water partition coefficient (Wildman–Crippen LogP) is 6.22. The molecule has 0 heterocycles. The van der Waals surface area contributed by atoms with Crippen molar-refractivity contribution in [1.82, 2.24) is 0 Å². The van der Waals surface area contributed by atoms with Crippen LogP contribution in [0.25, 0.3) is 0 Å². The van der Waals surface area contributed by atoms with Crippen molar-refractivity contribution in [2.45, 2.75) is 69.2 Å². The smallest absolute Gasteiger partial charge is 0.263 e. The summed E-state index contributed by atoms with van der Waals surface area (Å²) in [6.07, 6.45) is 6.87. The number of rotatable bonds is 0. The van der Waals surface area contributed by atoms with Gasteiger partial charge in [-0.3, -0.25) is 12.2 Å². The molecule has 0 amide bonds. The summed E-state index contributed by atoms with van der Waals surface area (Å²) >= 11 is 0. The summed E-state index contributed by atoms with van der Waals surface area (Å²) in [5.41, 5.74) is 8.79. The van der Waals surface area contributed by atoms with Crippen LogP contribution in [0.4, 0.5) is 0 Å². The van der Waals surface area contributed by atoms with Crippen molar-refractivity contribution in [1.29, 1.82) is 0 Å². The zero-order valence-corrected chi connectivity index (χ0v) is 17.9. The van der Waals surface area contributed by atoms with Gasteiger partial charge in [-0.25, -0.2) is 11.1 Å². The summed E-state index contributed by atoms with van der Waals surface area (Å²) in [6.45, 7) is 21.8. The molecule has 0 radical (unpaired) electrons. The molecule has 2 aliphatic rings. The van der Waals surface area contributed by atoms with Crippen molar-refractivity contribution in [3.63, 3.8) is 0 Å². The molecule has 0 unspecified atom stereocenters. The summed E-state index contributed by atoms with van der Waals surface area (Å²) < 4.78 is 0. The average molecular weight is 461 g/mol. The Morgan fingerprint density at radius 3 is 0.857 bits per heavy atom. The predicted molar refractivity (Wildman–Crippen MR) is 89.2 cm³/mol. The maximum atomic E-state index is 3.44. The minimum atomic E-state index is 0. The van der Waals surface area contributed by atoms with Crippen LogP contribution >= 0.6 is 0 Å². The topological polar surface area (TPSA) is 0 Å². The van der Waals surface area contributed by atoms with Crippen LogP contribution < -0.4 is 0 Å². The molecule has 0 saturated carbocycles. The number of hydrogen-bond acceptors (Lipinski definition) is 0. The Bertz CT molecular complexity index is 484. The van der Waals surface area contributed by atoms with Crippen LogP contribution in [0.15, 0.2) is 33.4 Å². The standard InChI is InChI=1S/2C10H15.Os/c2*1-7-6-10(4,5)9(3)8(7)2;/h2*1-5H3;/q2*-1;+2. The van der Waals surface area contributed by atoms with Gasteiger partial charge < -0.3 is 0 Å². The van der Waals surface area contributed by atoms with Gasteiger partial charge in [-0.1, -0.05) is 66.2 Å². The van der Waals surface area contributed by atoms with E-state index in [1.165, 1.54) is 33.4 Å². The quantitative estimate of drug-likeness (QED) is 0.376. The molecule has 0 N–H and O–H groups in total. The maximum absolute atomic E-state index is 3.44. The first-order valence-electron chi connectivity index (χ1n) is 7.50. The van der Waals surface area contributed by atoms with E-state index in [4.69, 9.17) is 0 Å². The van der Waals surface area contributed by atoms with Gasteiger partial charge in [0, 0.05) is 0 Å².